The number of hydrogen-bond donors (Lipinski definition) is 1. The smallest absolute Gasteiger partial charge is 0.306 e. The molecule has 0 heterocycles. The molecular formula is C14H27NO2. The van der Waals surface area contributed by atoms with Gasteiger partial charge in [0.15, 0.2) is 0 Å². The van der Waals surface area contributed by atoms with E-state index in [4.69, 9.17) is 10.5 Å². The van der Waals surface area contributed by atoms with E-state index < -0.39 is 0 Å². The van der Waals surface area contributed by atoms with Gasteiger partial charge >= 0.3 is 5.97 Å². The molecule has 0 aromatic rings. The lowest BCUT2D eigenvalue weighted by Crippen LogP contribution is -2.53. The van der Waals surface area contributed by atoms with Crippen molar-refractivity contribution in [3.05, 3.63) is 0 Å². The molecule has 100 valence electrons. The van der Waals surface area contributed by atoms with Crippen LogP contribution in [0.1, 0.15) is 53.9 Å². The average molecular weight is 241 g/mol. The number of nitrogens with two attached hydrogens (primary N) is 1. The number of carbonyl (C=O) groups excluding carboxylic acids is 1. The molecule has 0 aliphatic heterocycles. The zero-order chi connectivity index (χ0) is 13.5. The van der Waals surface area contributed by atoms with Crippen molar-refractivity contribution in [3.63, 3.8) is 0 Å². The fraction of sp³-hybridized carbons (Fsp3) is 0.929. The van der Waals surface area contributed by atoms with E-state index in [2.05, 4.69) is 20.8 Å². The molecule has 0 aromatic heterocycles. The maximum absolute atomic E-state index is 11.7. The van der Waals surface area contributed by atoms with E-state index in [9.17, 15) is 4.79 Å². The predicted molar refractivity (Wildman–Crippen MR) is 69.5 cm³/mol. The second-order valence-corrected chi connectivity index (χ2v) is 7.08. The van der Waals surface area contributed by atoms with Gasteiger partial charge in [-0.15, -0.1) is 0 Å². The second kappa shape index (κ2) is 4.27. The van der Waals surface area contributed by atoms with Gasteiger partial charge in [-0.05, 0) is 38.0 Å². The first-order chi connectivity index (χ1) is 7.54. The van der Waals surface area contributed by atoms with Crippen LogP contribution in [0.4, 0.5) is 0 Å². The van der Waals surface area contributed by atoms with Crippen LogP contribution in [0.5, 0.6) is 0 Å². The van der Waals surface area contributed by atoms with Crippen molar-refractivity contribution in [3.8, 4) is 0 Å². The number of ether oxygens (including phenoxy) is 1. The van der Waals surface area contributed by atoms with E-state index in [0.29, 0.717) is 12.3 Å². The van der Waals surface area contributed by atoms with Crippen molar-refractivity contribution in [2.75, 3.05) is 7.11 Å². The molecule has 0 amide bonds. The van der Waals surface area contributed by atoms with Gasteiger partial charge in [0.05, 0.1) is 13.5 Å². The molecule has 0 spiro atoms. The van der Waals surface area contributed by atoms with Crippen LogP contribution in [-0.4, -0.2) is 18.6 Å². The quantitative estimate of drug-likeness (QED) is 0.773. The largest absolute Gasteiger partial charge is 0.469 e. The summed E-state index contributed by atoms with van der Waals surface area (Å²) in [6.45, 7) is 10.8. The molecule has 2 unspecified atom stereocenters. The fourth-order valence-electron chi connectivity index (χ4n) is 3.78. The van der Waals surface area contributed by atoms with Gasteiger partial charge in [-0.25, -0.2) is 0 Å². The Morgan fingerprint density at radius 2 is 2.00 bits per heavy atom. The van der Waals surface area contributed by atoms with E-state index in [1.807, 2.05) is 13.8 Å². The molecule has 1 saturated carbocycles. The number of methoxy groups -OCH3 is 1. The maximum atomic E-state index is 11.7. The number of hydrogen-bond acceptors (Lipinski definition) is 3. The van der Waals surface area contributed by atoms with Gasteiger partial charge < -0.3 is 10.5 Å². The van der Waals surface area contributed by atoms with E-state index in [-0.39, 0.29) is 22.3 Å². The van der Waals surface area contributed by atoms with Gasteiger partial charge in [-0.2, -0.15) is 0 Å². The van der Waals surface area contributed by atoms with Gasteiger partial charge in [0.2, 0.25) is 0 Å². The Kier molecular flexibility index (Phi) is 3.64. The molecule has 1 rings (SSSR count). The monoisotopic (exact) mass is 241 g/mol. The Morgan fingerprint density at radius 3 is 2.29 bits per heavy atom. The van der Waals surface area contributed by atoms with Crippen LogP contribution in [0.2, 0.25) is 0 Å². The molecule has 3 heteroatoms. The van der Waals surface area contributed by atoms with Crippen molar-refractivity contribution in [2.45, 2.75) is 59.4 Å². The molecule has 0 bridgehead atoms. The molecule has 2 N–H and O–H groups in total. The minimum atomic E-state index is -0.367. The lowest BCUT2D eigenvalue weighted by molar-refractivity contribution is -0.145. The average Bonchev–Trinajstić information content (AvgIpc) is 2.35. The summed E-state index contributed by atoms with van der Waals surface area (Å²) in [7, 11) is 1.45. The van der Waals surface area contributed by atoms with Gasteiger partial charge in [0, 0.05) is 11.0 Å². The van der Waals surface area contributed by atoms with Crippen molar-refractivity contribution in [1.29, 1.82) is 0 Å². The third-order valence-electron chi connectivity index (χ3n) is 4.57. The SMILES string of the molecule is COC(=O)CC1(C(C)(C)N)CC(C)(C)CC1C. The first-order valence-corrected chi connectivity index (χ1v) is 6.40. The van der Waals surface area contributed by atoms with Crippen LogP contribution in [-0.2, 0) is 9.53 Å². The normalized spacial score (nSPS) is 32.5. The molecule has 0 aromatic carbocycles. The molecule has 0 radical (unpaired) electrons. The third-order valence-corrected chi connectivity index (χ3v) is 4.57. The minimum absolute atomic E-state index is 0.145. The molecule has 1 aliphatic rings. The van der Waals surface area contributed by atoms with Crippen molar-refractivity contribution < 1.29 is 9.53 Å². The molecular weight excluding hydrogens is 214 g/mol. The zero-order valence-electron chi connectivity index (χ0n) is 12.1. The summed E-state index contributed by atoms with van der Waals surface area (Å²) in [5.41, 5.74) is 6.12. The molecule has 2 atom stereocenters. The maximum Gasteiger partial charge on any atom is 0.306 e. The topological polar surface area (TPSA) is 52.3 Å². The van der Waals surface area contributed by atoms with Gasteiger partial charge in [-0.1, -0.05) is 20.8 Å². The lowest BCUT2D eigenvalue weighted by Gasteiger charge is -2.45. The highest BCUT2D eigenvalue weighted by molar-refractivity contribution is 5.70. The van der Waals surface area contributed by atoms with Crippen LogP contribution in [0.3, 0.4) is 0 Å². The van der Waals surface area contributed by atoms with E-state index in [0.717, 1.165) is 12.8 Å². The highest BCUT2D eigenvalue weighted by atomic mass is 16.5. The molecule has 17 heavy (non-hydrogen) atoms. The highest BCUT2D eigenvalue weighted by Gasteiger charge is 2.56. The third kappa shape index (κ3) is 2.65. The number of carbonyl (C=O) groups is 1. The molecule has 0 saturated heterocycles. The van der Waals surface area contributed by atoms with Crippen molar-refractivity contribution in [1.82, 2.24) is 0 Å². The summed E-state index contributed by atoms with van der Waals surface area (Å²) >= 11 is 0. The summed E-state index contributed by atoms with van der Waals surface area (Å²) in [6, 6.07) is 0. The van der Waals surface area contributed by atoms with Crippen LogP contribution in [0.25, 0.3) is 0 Å². The van der Waals surface area contributed by atoms with E-state index >= 15 is 0 Å². The Labute approximate surface area is 105 Å². The van der Waals surface area contributed by atoms with Crippen LogP contribution in [0.15, 0.2) is 0 Å². The standard InChI is InChI=1S/C14H27NO2/c1-10-7-12(2,3)9-14(10,13(4,5)15)8-11(16)17-6/h10H,7-9,15H2,1-6H3. The molecule has 3 nitrogen and oxygen atoms in total. The summed E-state index contributed by atoms with van der Waals surface area (Å²) < 4.78 is 4.85. The van der Waals surface area contributed by atoms with Crippen LogP contribution >= 0.6 is 0 Å². The van der Waals surface area contributed by atoms with Crippen LogP contribution in [0, 0.1) is 16.7 Å². The first-order valence-electron chi connectivity index (χ1n) is 6.40. The van der Waals surface area contributed by atoms with Gasteiger partial charge in [-0.3, -0.25) is 4.79 Å². The zero-order valence-corrected chi connectivity index (χ0v) is 12.1. The fourth-order valence-corrected chi connectivity index (χ4v) is 3.78. The summed E-state index contributed by atoms with van der Waals surface area (Å²) in [5.74, 6) is 0.296. The van der Waals surface area contributed by atoms with Crippen molar-refractivity contribution in [2.24, 2.45) is 22.5 Å². The van der Waals surface area contributed by atoms with Gasteiger partial charge in [0.1, 0.15) is 0 Å². The Morgan fingerprint density at radius 1 is 1.47 bits per heavy atom. The highest BCUT2D eigenvalue weighted by Crippen LogP contribution is 2.59. The summed E-state index contributed by atoms with van der Waals surface area (Å²) in [6.07, 6.45) is 2.53. The van der Waals surface area contributed by atoms with Gasteiger partial charge in [0.25, 0.3) is 0 Å². The molecule has 1 aliphatic carbocycles. The first kappa shape index (κ1) is 14.5. The summed E-state index contributed by atoms with van der Waals surface area (Å²) in [5, 5.41) is 0. The second-order valence-electron chi connectivity index (χ2n) is 7.08. The lowest BCUT2D eigenvalue weighted by atomic mass is 9.63. The molecule has 1 fully saturated rings. The van der Waals surface area contributed by atoms with Crippen molar-refractivity contribution >= 4 is 5.97 Å². The minimum Gasteiger partial charge on any atom is -0.469 e. The Balaban J connectivity index is 3.08. The van der Waals surface area contributed by atoms with Crippen LogP contribution < -0.4 is 5.73 Å². The summed E-state index contributed by atoms with van der Waals surface area (Å²) in [4.78, 5) is 11.7. The number of esters is 1. The Bertz CT molecular complexity index is 304. The predicted octanol–water partition coefficient (Wildman–Crippen LogP) is 2.73. The Hall–Kier alpha value is -0.570. The number of rotatable bonds is 3. The van der Waals surface area contributed by atoms with E-state index in [1.165, 1.54) is 7.11 Å². The van der Waals surface area contributed by atoms with E-state index in [1.54, 1.807) is 0 Å².